The Bertz CT molecular complexity index is 213. The van der Waals surface area contributed by atoms with E-state index in [0.717, 1.165) is 12.8 Å². The topological polar surface area (TPSA) is 76.1 Å². The Morgan fingerprint density at radius 3 is 2.62 bits per heavy atom. The quantitative estimate of drug-likeness (QED) is 0.378. The van der Waals surface area contributed by atoms with Crippen LogP contribution in [-0.4, -0.2) is 35.9 Å². The van der Waals surface area contributed by atoms with Gasteiger partial charge in [-0.3, -0.25) is 0 Å². The van der Waals surface area contributed by atoms with Crippen LogP contribution in [-0.2, 0) is 19.1 Å². The molecule has 1 heterocycles. The number of carbonyl (C=O) groups is 2. The van der Waals surface area contributed by atoms with Gasteiger partial charge >= 0.3 is 11.9 Å². The lowest BCUT2D eigenvalue weighted by molar-refractivity contribution is -0.146. The summed E-state index contributed by atoms with van der Waals surface area (Å²) in [5, 5.41) is 8.41. The molecule has 1 fully saturated rings. The van der Waals surface area contributed by atoms with E-state index in [9.17, 15) is 9.59 Å². The fourth-order valence-corrected chi connectivity index (χ4v) is 0.879. The van der Waals surface area contributed by atoms with Crippen LogP contribution in [0.1, 0.15) is 19.8 Å². The number of hydrogen-bond acceptors (Lipinski definition) is 4. The SMILES string of the molecule is CCCCOC(=O)C1OC1C(=O)O. The highest BCUT2D eigenvalue weighted by Crippen LogP contribution is 2.23. The molecule has 0 amide bonds. The van der Waals surface area contributed by atoms with Crippen LogP contribution in [0.4, 0.5) is 0 Å². The van der Waals surface area contributed by atoms with Crippen molar-refractivity contribution in [2.45, 2.75) is 32.0 Å². The molecule has 1 N–H and O–H groups in total. The van der Waals surface area contributed by atoms with E-state index in [1.54, 1.807) is 0 Å². The van der Waals surface area contributed by atoms with Crippen molar-refractivity contribution in [3.8, 4) is 0 Å². The molecule has 0 aromatic heterocycles. The van der Waals surface area contributed by atoms with E-state index in [1.807, 2.05) is 6.92 Å². The van der Waals surface area contributed by atoms with Gasteiger partial charge in [-0.1, -0.05) is 13.3 Å². The summed E-state index contributed by atoms with van der Waals surface area (Å²) in [5.74, 6) is -1.68. The van der Waals surface area contributed by atoms with Crippen LogP contribution < -0.4 is 0 Å². The van der Waals surface area contributed by atoms with Crippen LogP contribution in [0.15, 0.2) is 0 Å². The minimum atomic E-state index is -1.11. The van der Waals surface area contributed by atoms with E-state index in [4.69, 9.17) is 9.84 Å². The molecule has 2 atom stereocenters. The summed E-state index contributed by atoms with van der Waals surface area (Å²) in [4.78, 5) is 21.3. The van der Waals surface area contributed by atoms with Crippen molar-refractivity contribution in [2.24, 2.45) is 0 Å². The number of unbranched alkanes of at least 4 members (excludes halogenated alkanes) is 1. The summed E-state index contributed by atoms with van der Waals surface area (Å²) < 4.78 is 9.36. The van der Waals surface area contributed by atoms with Crippen LogP contribution in [0.25, 0.3) is 0 Å². The van der Waals surface area contributed by atoms with Crippen molar-refractivity contribution in [2.75, 3.05) is 6.61 Å². The number of carboxylic acids is 1. The molecule has 0 saturated carbocycles. The average molecular weight is 188 g/mol. The Morgan fingerprint density at radius 2 is 2.15 bits per heavy atom. The molecule has 74 valence electrons. The van der Waals surface area contributed by atoms with Crippen LogP contribution >= 0.6 is 0 Å². The first-order valence-corrected chi connectivity index (χ1v) is 4.21. The highest BCUT2D eigenvalue weighted by atomic mass is 16.7. The van der Waals surface area contributed by atoms with Crippen molar-refractivity contribution < 1.29 is 24.2 Å². The lowest BCUT2D eigenvalue weighted by Gasteiger charge is -1.99. The van der Waals surface area contributed by atoms with Gasteiger partial charge in [-0.15, -0.1) is 0 Å². The fourth-order valence-electron chi connectivity index (χ4n) is 0.879. The molecule has 0 aromatic carbocycles. The number of rotatable bonds is 5. The highest BCUT2D eigenvalue weighted by molar-refractivity contribution is 5.88. The van der Waals surface area contributed by atoms with E-state index in [1.165, 1.54) is 0 Å². The molecule has 0 aromatic rings. The zero-order chi connectivity index (χ0) is 9.84. The molecule has 0 aliphatic carbocycles. The lowest BCUT2D eigenvalue weighted by atomic mass is 10.3. The summed E-state index contributed by atoms with van der Waals surface area (Å²) in [7, 11) is 0. The van der Waals surface area contributed by atoms with Crippen molar-refractivity contribution in [3.63, 3.8) is 0 Å². The molecule has 1 rings (SSSR count). The molecule has 1 aliphatic heterocycles. The molecule has 0 radical (unpaired) electrons. The third-order valence-corrected chi connectivity index (χ3v) is 1.71. The summed E-state index contributed by atoms with van der Waals surface area (Å²) in [6.45, 7) is 2.31. The summed E-state index contributed by atoms with van der Waals surface area (Å²) >= 11 is 0. The highest BCUT2D eigenvalue weighted by Gasteiger charge is 2.51. The predicted molar refractivity (Wildman–Crippen MR) is 42.2 cm³/mol. The van der Waals surface area contributed by atoms with Gasteiger partial charge in [0.1, 0.15) is 0 Å². The normalized spacial score (nSPS) is 25.3. The van der Waals surface area contributed by atoms with Gasteiger partial charge in [0.15, 0.2) is 12.2 Å². The number of aliphatic carboxylic acids is 1. The molecule has 0 bridgehead atoms. The van der Waals surface area contributed by atoms with Gasteiger partial charge in [0.25, 0.3) is 0 Å². The van der Waals surface area contributed by atoms with Gasteiger partial charge in [0.2, 0.25) is 0 Å². The Hall–Kier alpha value is -1.10. The number of carbonyl (C=O) groups excluding carboxylic acids is 1. The minimum Gasteiger partial charge on any atom is -0.479 e. The zero-order valence-corrected chi connectivity index (χ0v) is 7.36. The first-order valence-electron chi connectivity index (χ1n) is 4.21. The second kappa shape index (κ2) is 4.23. The van der Waals surface area contributed by atoms with Crippen LogP contribution in [0.2, 0.25) is 0 Å². The predicted octanol–water partition coefficient (Wildman–Crippen LogP) is 0.182. The molecule has 0 spiro atoms. The van der Waals surface area contributed by atoms with Gasteiger partial charge in [-0.2, -0.15) is 0 Å². The number of esters is 1. The zero-order valence-electron chi connectivity index (χ0n) is 7.36. The Balaban J connectivity index is 2.16. The number of epoxide rings is 1. The standard InChI is InChI=1S/C8H12O5/c1-2-3-4-12-8(11)6-5(13-6)7(9)10/h5-6H,2-4H2,1H3,(H,9,10). The molecular weight excluding hydrogens is 176 g/mol. The summed E-state index contributed by atoms with van der Waals surface area (Å²) in [5.41, 5.74) is 0. The first-order chi connectivity index (χ1) is 6.16. The lowest BCUT2D eigenvalue weighted by Crippen LogP contribution is -2.18. The third-order valence-electron chi connectivity index (χ3n) is 1.71. The Morgan fingerprint density at radius 1 is 1.46 bits per heavy atom. The van der Waals surface area contributed by atoms with Crippen molar-refractivity contribution >= 4 is 11.9 Å². The number of hydrogen-bond donors (Lipinski definition) is 1. The van der Waals surface area contributed by atoms with Crippen molar-refractivity contribution in [3.05, 3.63) is 0 Å². The smallest absolute Gasteiger partial charge is 0.338 e. The van der Waals surface area contributed by atoms with E-state index < -0.39 is 24.1 Å². The molecule has 13 heavy (non-hydrogen) atoms. The van der Waals surface area contributed by atoms with Gasteiger partial charge in [0, 0.05) is 0 Å². The molecule has 1 saturated heterocycles. The van der Waals surface area contributed by atoms with Crippen molar-refractivity contribution in [1.29, 1.82) is 0 Å². The van der Waals surface area contributed by atoms with E-state index in [2.05, 4.69) is 4.74 Å². The molecule has 5 nitrogen and oxygen atoms in total. The van der Waals surface area contributed by atoms with E-state index >= 15 is 0 Å². The summed E-state index contributed by atoms with van der Waals surface area (Å²) in [6, 6.07) is 0. The third kappa shape index (κ3) is 2.69. The van der Waals surface area contributed by atoms with Gasteiger partial charge in [0.05, 0.1) is 6.61 Å². The maximum Gasteiger partial charge on any atom is 0.338 e. The molecule has 1 aliphatic rings. The van der Waals surface area contributed by atoms with Crippen LogP contribution in [0.3, 0.4) is 0 Å². The number of carboxylic acid groups (broad SMARTS) is 1. The van der Waals surface area contributed by atoms with Crippen LogP contribution in [0, 0.1) is 0 Å². The van der Waals surface area contributed by atoms with E-state index in [-0.39, 0.29) is 0 Å². The molecule has 5 heteroatoms. The maximum atomic E-state index is 11.0. The summed E-state index contributed by atoms with van der Waals surface area (Å²) in [6.07, 6.45) is -0.152. The average Bonchev–Trinajstić information content (AvgIpc) is 2.83. The number of ether oxygens (including phenoxy) is 2. The van der Waals surface area contributed by atoms with Gasteiger partial charge in [-0.05, 0) is 6.42 Å². The molecule has 2 unspecified atom stereocenters. The molecular formula is C8H12O5. The van der Waals surface area contributed by atoms with Gasteiger partial charge < -0.3 is 14.6 Å². The fraction of sp³-hybridized carbons (Fsp3) is 0.750. The Labute approximate surface area is 75.6 Å². The maximum absolute atomic E-state index is 11.0. The second-order valence-corrected chi connectivity index (χ2v) is 2.84. The minimum absolute atomic E-state index is 0.335. The van der Waals surface area contributed by atoms with Crippen molar-refractivity contribution in [1.82, 2.24) is 0 Å². The monoisotopic (exact) mass is 188 g/mol. The van der Waals surface area contributed by atoms with Gasteiger partial charge in [-0.25, -0.2) is 9.59 Å². The largest absolute Gasteiger partial charge is 0.479 e. The first kappa shape index (κ1) is 9.98. The van der Waals surface area contributed by atoms with Crippen LogP contribution in [0.5, 0.6) is 0 Å². The Kier molecular flexibility index (Phi) is 3.25. The van der Waals surface area contributed by atoms with E-state index in [0.29, 0.717) is 6.61 Å². The second-order valence-electron chi connectivity index (χ2n) is 2.84.